The van der Waals surface area contributed by atoms with Gasteiger partial charge in [0.05, 0.1) is 6.42 Å². The van der Waals surface area contributed by atoms with Crippen molar-refractivity contribution < 1.29 is 4.79 Å². The number of carbonyl (C=O) groups excluding carboxylic acids is 1. The zero-order valence-corrected chi connectivity index (χ0v) is 11.6. The molecule has 0 bridgehead atoms. The molecule has 1 heterocycles. The second-order valence-corrected chi connectivity index (χ2v) is 3.69. The normalized spacial score (nSPS) is 10.8. The Balaban J connectivity index is 0. The van der Waals surface area contributed by atoms with Crippen LogP contribution in [-0.2, 0) is 11.2 Å². The highest BCUT2D eigenvalue weighted by molar-refractivity contribution is 5.85. The smallest absolute Gasteiger partial charge is 0.224 e. The molecule has 0 fully saturated rings. The molecule has 1 atom stereocenters. The zero-order valence-electron chi connectivity index (χ0n) is 9.97. The molecule has 0 unspecified atom stereocenters. The summed E-state index contributed by atoms with van der Waals surface area (Å²) < 4.78 is 0. The van der Waals surface area contributed by atoms with Gasteiger partial charge in [0.25, 0.3) is 0 Å². The number of nitrogens with zero attached hydrogens (tertiary/aromatic N) is 1. The highest BCUT2D eigenvalue weighted by Crippen LogP contribution is 2.00. The summed E-state index contributed by atoms with van der Waals surface area (Å²) in [4.78, 5) is 15.6. The van der Waals surface area contributed by atoms with Crippen molar-refractivity contribution in [3.05, 3.63) is 29.6 Å². The maximum absolute atomic E-state index is 11.5. The van der Waals surface area contributed by atoms with E-state index in [1.54, 1.807) is 6.20 Å². The molecule has 0 radical (unpaired) electrons. The summed E-state index contributed by atoms with van der Waals surface area (Å²) in [6.07, 6.45) is 2.08. The highest BCUT2D eigenvalue weighted by Gasteiger charge is 2.06. The number of hydrogen-bond donors (Lipinski definition) is 2. The van der Waals surface area contributed by atoms with Crippen molar-refractivity contribution in [1.29, 1.82) is 0 Å². The number of rotatable bonds is 4. The van der Waals surface area contributed by atoms with E-state index in [2.05, 4.69) is 10.3 Å². The topological polar surface area (TPSA) is 68.0 Å². The maximum atomic E-state index is 11.5. The number of aromatic nitrogens is 1. The van der Waals surface area contributed by atoms with E-state index in [-0.39, 0.29) is 36.8 Å². The molecule has 6 heteroatoms. The Morgan fingerprint density at radius 1 is 1.47 bits per heavy atom. The van der Waals surface area contributed by atoms with E-state index in [0.29, 0.717) is 13.0 Å². The third kappa shape index (κ3) is 7.15. The number of hydrogen-bond acceptors (Lipinski definition) is 3. The first kappa shape index (κ1) is 18.5. The molecule has 0 aliphatic heterocycles. The van der Waals surface area contributed by atoms with Crippen molar-refractivity contribution in [2.75, 3.05) is 6.54 Å². The van der Waals surface area contributed by atoms with Gasteiger partial charge >= 0.3 is 0 Å². The van der Waals surface area contributed by atoms with Gasteiger partial charge in [-0.05, 0) is 25.5 Å². The molecule has 1 amide bonds. The minimum absolute atomic E-state index is 0. The van der Waals surface area contributed by atoms with Gasteiger partial charge in [-0.2, -0.15) is 0 Å². The van der Waals surface area contributed by atoms with E-state index in [4.69, 9.17) is 5.73 Å². The lowest BCUT2D eigenvalue weighted by Gasteiger charge is -2.10. The summed E-state index contributed by atoms with van der Waals surface area (Å²) >= 11 is 0. The SMILES string of the molecule is Cc1ccc(CC(=O)N[C@@H](C)CN)cn1.Cl.Cl. The summed E-state index contributed by atoms with van der Waals surface area (Å²) in [5.74, 6) is -0.0152. The molecule has 0 spiro atoms. The number of aryl methyl sites for hydroxylation is 1. The Morgan fingerprint density at radius 3 is 2.59 bits per heavy atom. The van der Waals surface area contributed by atoms with Crippen LogP contribution in [0.3, 0.4) is 0 Å². The van der Waals surface area contributed by atoms with Gasteiger partial charge in [0.15, 0.2) is 0 Å². The number of carbonyl (C=O) groups is 1. The van der Waals surface area contributed by atoms with E-state index in [0.717, 1.165) is 11.3 Å². The Kier molecular flexibility index (Phi) is 10.0. The van der Waals surface area contributed by atoms with Crippen LogP contribution in [0.5, 0.6) is 0 Å². The predicted octanol–water partition coefficient (Wildman–Crippen LogP) is 1.24. The Hall–Kier alpha value is -0.840. The van der Waals surface area contributed by atoms with Gasteiger partial charge in [0.1, 0.15) is 0 Å². The summed E-state index contributed by atoms with van der Waals surface area (Å²) in [6.45, 7) is 4.25. The molecule has 98 valence electrons. The average Bonchev–Trinajstić information content (AvgIpc) is 2.21. The molecule has 17 heavy (non-hydrogen) atoms. The van der Waals surface area contributed by atoms with E-state index in [1.807, 2.05) is 26.0 Å². The zero-order chi connectivity index (χ0) is 11.3. The number of nitrogens with two attached hydrogens (primary N) is 1. The monoisotopic (exact) mass is 279 g/mol. The fourth-order valence-corrected chi connectivity index (χ4v) is 1.17. The second kappa shape index (κ2) is 9.22. The van der Waals surface area contributed by atoms with Gasteiger partial charge in [-0.1, -0.05) is 6.07 Å². The van der Waals surface area contributed by atoms with Crippen LogP contribution in [0.4, 0.5) is 0 Å². The first-order valence-electron chi connectivity index (χ1n) is 5.02. The molecule has 1 rings (SSSR count). The lowest BCUT2D eigenvalue weighted by molar-refractivity contribution is -0.120. The molecule has 0 aliphatic rings. The Bertz CT molecular complexity index is 330. The minimum atomic E-state index is -0.0152. The fourth-order valence-electron chi connectivity index (χ4n) is 1.17. The van der Waals surface area contributed by atoms with Gasteiger partial charge in [-0.15, -0.1) is 24.8 Å². The average molecular weight is 280 g/mol. The van der Waals surface area contributed by atoms with Crippen LogP contribution in [-0.4, -0.2) is 23.5 Å². The summed E-state index contributed by atoms with van der Waals surface area (Å²) in [5.41, 5.74) is 7.28. The quantitative estimate of drug-likeness (QED) is 0.872. The molecule has 4 nitrogen and oxygen atoms in total. The fraction of sp³-hybridized carbons (Fsp3) is 0.455. The van der Waals surface area contributed by atoms with Crippen molar-refractivity contribution >= 4 is 30.7 Å². The molecule has 0 aromatic carbocycles. The largest absolute Gasteiger partial charge is 0.352 e. The third-order valence-electron chi connectivity index (χ3n) is 2.10. The molecule has 0 aliphatic carbocycles. The lowest BCUT2D eigenvalue weighted by Crippen LogP contribution is -2.38. The van der Waals surface area contributed by atoms with Crippen molar-refractivity contribution in [3.63, 3.8) is 0 Å². The molecular weight excluding hydrogens is 261 g/mol. The third-order valence-corrected chi connectivity index (χ3v) is 2.10. The summed E-state index contributed by atoms with van der Waals surface area (Å²) in [5, 5.41) is 2.80. The lowest BCUT2D eigenvalue weighted by atomic mass is 10.2. The number of pyridine rings is 1. The predicted molar refractivity (Wildman–Crippen MR) is 73.8 cm³/mol. The first-order valence-corrected chi connectivity index (χ1v) is 5.02. The van der Waals surface area contributed by atoms with Crippen molar-refractivity contribution in [3.8, 4) is 0 Å². The van der Waals surface area contributed by atoms with Crippen LogP contribution in [0.25, 0.3) is 0 Å². The van der Waals surface area contributed by atoms with Crippen LogP contribution in [0.2, 0.25) is 0 Å². The number of halogens is 2. The highest BCUT2D eigenvalue weighted by atomic mass is 35.5. The number of nitrogens with one attached hydrogen (secondary N) is 1. The number of amides is 1. The van der Waals surface area contributed by atoms with Crippen molar-refractivity contribution in [2.24, 2.45) is 5.73 Å². The van der Waals surface area contributed by atoms with E-state index < -0.39 is 0 Å². The molecule has 3 N–H and O–H groups in total. The van der Waals surface area contributed by atoms with Crippen molar-refractivity contribution in [2.45, 2.75) is 26.3 Å². The van der Waals surface area contributed by atoms with Crippen LogP contribution in [0.1, 0.15) is 18.2 Å². The van der Waals surface area contributed by atoms with Gasteiger partial charge in [-0.25, -0.2) is 0 Å². The van der Waals surface area contributed by atoms with Gasteiger partial charge < -0.3 is 11.1 Å². The molecule has 1 aromatic heterocycles. The van der Waals surface area contributed by atoms with Gasteiger partial charge in [-0.3, -0.25) is 9.78 Å². The van der Waals surface area contributed by atoms with Crippen LogP contribution < -0.4 is 11.1 Å². The van der Waals surface area contributed by atoms with E-state index in [1.165, 1.54) is 0 Å². The molecule has 1 aromatic rings. The standard InChI is InChI=1S/C11H17N3O.2ClH/c1-8-3-4-10(7-13-8)5-11(15)14-9(2)6-12;;/h3-4,7,9H,5-6,12H2,1-2H3,(H,14,15);2*1H/t9-;;/m0../s1. The van der Waals surface area contributed by atoms with Crippen LogP contribution in [0.15, 0.2) is 18.3 Å². The maximum Gasteiger partial charge on any atom is 0.224 e. The molecule has 0 saturated heterocycles. The Labute approximate surface area is 114 Å². The Morgan fingerprint density at radius 2 is 2.12 bits per heavy atom. The molecular formula is C11H19Cl2N3O. The second-order valence-electron chi connectivity index (χ2n) is 3.69. The van der Waals surface area contributed by atoms with Gasteiger partial charge in [0, 0.05) is 24.5 Å². The minimum Gasteiger partial charge on any atom is -0.352 e. The summed E-state index contributed by atoms with van der Waals surface area (Å²) in [7, 11) is 0. The van der Waals surface area contributed by atoms with E-state index >= 15 is 0 Å². The van der Waals surface area contributed by atoms with Gasteiger partial charge in [0.2, 0.25) is 5.91 Å². The summed E-state index contributed by atoms with van der Waals surface area (Å²) in [6, 6.07) is 3.83. The van der Waals surface area contributed by atoms with Crippen LogP contribution >= 0.6 is 24.8 Å². The van der Waals surface area contributed by atoms with Crippen molar-refractivity contribution in [1.82, 2.24) is 10.3 Å². The van der Waals surface area contributed by atoms with E-state index in [9.17, 15) is 4.79 Å². The first-order chi connectivity index (χ1) is 7.11. The molecule has 0 saturated carbocycles. The van der Waals surface area contributed by atoms with Crippen LogP contribution in [0, 0.1) is 6.92 Å².